The molecule has 1 heterocycles. The molecule has 0 saturated carbocycles. The van der Waals surface area contributed by atoms with Crippen molar-refractivity contribution in [3.05, 3.63) is 29.3 Å². The van der Waals surface area contributed by atoms with Crippen LogP contribution >= 0.6 is 0 Å². The zero-order chi connectivity index (χ0) is 17.9. The van der Waals surface area contributed by atoms with Gasteiger partial charge in [0, 0.05) is 6.04 Å². The van der Waals surface area contributed by atoms with Crippen molar-refractivity contribution in [2.75, 3.05) is 18.6 Å². The molecule has 1 fully saturated rings. The number of benzene rings is 1. The molecule has 0 bridgehead atoms. The number of amides is 1. The smallest absolute Gasteiger partial charge is 0.337 e. The number of ether oxygens (including phenoxy) is 2. The summed E-state index contributed by atoms with van der Waals surface area (Å²) in [7, 11) is -1.77. The van der Waals surface area contributed by atoms with E-state index in [1.54, 1.807) is 26.0 Å². The Bertz CT molecular complexity index is 743. The van der Waals surface area contributed by atoms with Gasteiger partial charge in [-0.2, -0.15) is 0 Å². The van der Waals surface area contributed by atoms with Crippen molar-refractivity contribution < 1.29 is 27.5 Å². The number of carbonyl (C=O) groups excluding carboxylic acids is 2. The van der Waals surface area contributed by atoms with Crippen LogP contribution in [0.4, 0.5) is 0 Å². The number of aryl methyl sites for hydroxylation is 1. The van der Waals surface area contributed by atoms with Crippen LogP contribution in [0.2, 0.25) is 0 Å². The van der Waals surface area contributed by atoms with Crippen LogP contribution in [-0.4, -0.2) is 51.1 Å². The highest BCUT2D eigenvalue weighted by Gasteiger charge is 2.30. The van der Waals surface area contributed by atoms with Gasteiger partial charge in [0.25, 0.3) is 5.91 Å². The van der Waals surface area contributed by atoms with Gasteiger partial charge in [-0.05, 0) is 38.0 Å². The Balaban J connectivity index is 2.02. The summed E-state index contributed by atoms with van der Waals surface area (Å²) < 4.78 is 33.2. The molecule has 1 amide bonds. The molecule has 132 valence electrons. The number of esters is 1. The number of methoxy groups -OCH3 is 1. The Morgan fingerprint density at radius 1 is 1.33 bits per heavy atom. The summed E-state index contributed by atoms with van der Waals surface area (Å²) in [6.45, 7) is 3.37. The molecule has 24 heavy (non-hydrogen) atoms. The third-order valence-corrected chi connectivity index (χ3v) is 5.63. The van der Waals surface area contributed by atoms with Crippen molar-refractivity contribution in [2.45, 2.75) is 32.4 Å². The van der Waals surface area contributed by atoms with Crippen LogP contribution in [0.1, 0.15) is 29.3 Å². The van der Waals surface area contributed by atoms with E-state index < -0.39 is 21.9 Å². The first-order valence-electron chi connectivity index (χ1n) is 7.58. The van der Waals surface area contributed by atoms with Gasteiger partial charge in [0.15, 0.2) is 15.9 Å². The molecule has 0 spiro atoms. The van der Waals surface area contributed by atoms with E-state index in [1.807, 2.05) is 0 Å². The first kappa shape index (κ1) is 18.3. The third-order valence-electron chi connectivity index (χ3n) is 3.86. The molecule has 1 aromatic carbocycles. The number of rotatable bonds is 5. The van der Waals surface area contributed by atoms with Crippen molar-refractivity contribution in [1.82, 2.24) is 5.32 Å². The molecule has 0 radical (unpaired) electrons. The Labute approximate surface area is 141 Å². The maximum Gasteiger partial charge on any atom is 0.337 e. The molecule has 7 nitrogen and oxygen atoms in total. The molecule has 0 aromatic heterocycles. The second-order valence-electron chi connectivity index (χ2n) is 5.84. The molecule has 2 atom stereocenters. The summed E-state index contributed by atoms with van der Waals surface area (Å²) in [6, 6.07) is 4.46. The largest absolute Gasteiger partial charge is 0.481 e. The Hall–Kier alpha value is -2.09. The van der Waals surface area contributed by atoms with Crippen LogP contribution in [0.15, 0.2) is 18.2 Å². The van der Waals surface area contributed by atoms with Gasteiger partial charge in [-0.25, -0.2) is 13.2 Å². The summed E-state index contributed by atoms with van der Waals surface area (Å²) in [5.41, 5.74) is 1.10. The van der Waals surface area contributed by atoms with Gasteiger partial charge in [0.05, 0.1) is 24.2 Å². The van der Waals surface area contributed by atoms with Crippen LogP contribution in [0.3, 0.4) is 0 Å². The second kappa shape index (κ2) is 7.21. The van der Waals surface area contributed by atoms with E-state index >= 15 is 0 Å². The Kier molecular flexibility index (Phi) is 5.48. The Morgan fingerprint density at radius 3 is 2.62 bits per heavy atom. The van der Waals surface area contributed by atoms with E-state index in [0.717, 1.165) is 5.56 Å². The molecule has 2 rings (SSSR count). The summed E-state index contributed by atoms with van der Waals surface area (Å²) >= 11 is 0. The van der Waals surface area contributed by atoms with Gasteiger partial charge in [0.2, 0.25) is 0 Å². The molecule has 0 unspecified atom stereocenters. The fraction of sp³-hybridized carbons (Fsp3) is 0.500. The van der Waals surface area contributed by atoms with Gasteiger partial charge < -0.3 is 14.8 Å². The lowest BCUT2D eigenvalue weighted by Crippen LogP contribution is -2.43. The van der Waals surface area contributed by atoms with E-state index in [0.29, 0.717) is 17.7 Å². The standard InChI is InChI=1S/C16H21NO6S/c1-10-4-5-12(16(19)22-3)8-14(10)23-11(2)15(18)17-13-6-7-24(20,21)9-13/h4-5,8,11,13H,6-7,9H2,1-3H3,(H,17,18)/t11-,13+/m1/s1. The molecule has 1 N–H and O–H groups in total. The summed E-state index contributed by atoms with van der Waals surface area (Å²) in [5.74, 6) is -0.428. The number of sulfone groups is 1. The van der Waals surface area contributed by atoms with Crippen LogP contribution in [0.5, 0.6) is 5.75 Å². The number of carbonyl (C=O) groups is 2. The molecule has 1 saturated heterocycles. The van der Waals surface area contributed by atoms with Crippen molar-refractivity contribution in [2.24, 2.45) is 0 Å². The second-order valence-corrected chi connectivity index (χ2v) is 8.07. The predicted molar refractivity (Wildman–Crippen MR) is 87.8 cm³/mol. The lowest BCUT2D eigenvalue weighted by atomic mass is 10.1. The van der Waals surface area contributed by atoms with Gasteiger partial charge in [-0.3, -0.25) is 4.79 Å². The quantitative estimate of drug-likeness (QED) is 0.786. The highest BCUT2D eigenvalue weighted by atomic mass is 32.2. The van der Waals surface area contributed by atoms with Gasteiger partial charge in [-0.1, -0.05) is 6.07 Å². The monoisotopic (exact) mass is 355 g/mol. The highest BCUT2D eigenvalue weighted by Crippen LogP contribution is 2.21. The fourth-order valence-electron chi connectivity index (χ4n) is 2.44. The molecule has 1 aromatic rings. The number of hydrogen-bond acceptors (Lipinski definition) is 6. The minimum Gasteiger partial charge on any atom is -0.481 e. The average molecular weight is 355 g/mol. The van der Waals surface area contributed by atoms with E-state index in [1.165, 1.54) is 13.2 Å². The minimum atomic E-state index is -3.06. The molecule has 0 aliphatic carbocycles. The number of nitrogens with one attached hydrogen (secondary N) is 1. The maximum atomic E-state index is 12.2. The predicted octanol–water partition coefficient (Wildman–Crippen LogP) is 0.852. The van der Waals surface area contributed by atoms with E-state index in [4.69, 9.17) is 4.74 Å². The molecule has 1 aliphatic rings. The zero-order valence-corrected chi connectivity index (χ0v) is 14.7. The van der Waals surface area contributed by atoms with Gasteiger partial charge >= 0.3 is 5.97 Å². The van der Waals surface area contributed by atoms with Crippen LogP contribution in [0, 0.1) is 6.92 Å². The van der Waals surface area contributed by atoms with E-state index in [9.17, 15) is 18.0 Å². The van der Waals surface area contributed by atoms with Gasteiger partial charge in [0.1, 0.15) is 5.75 Å². The topological polar surface area (TPSA) is 98.8 Å². The van der Waals surface area contributed by atoms with Crippen molar-refractivity contribution in [1.29, 1.82) is 0 Å². The average Bonchev–Trinajstić information content (AvgIpc) is 2.87. The fourth-order valence-corrected chi connectivity index (χ4v) is 4.12. The highest BCUT2D eigenvalue weighted by molar-refractivity contribution is 7.91. The lowest BCUT2D eigenvalue weighted by molar-refractivity contribution is -0.127. The Morgan fingerprint density at radius 2 is 2.04 bits per heavy atom. The zero-order valence-electron chi connectivity index (χ0n) is 13.9. The summed E-state index contributed by atoms with van der Waals surface area (Å²) in [6.07, 6.45) is -0.405. The SMILES string of the molecule is COC(=O)c1ccc(C)c(O[C@H](C)C(=O)N[C@H]2CCS(=O)(=O)C2)c1. The third kappa shape index (κ3) is 4.47. The van der Waals surface area contributed by atoms with Crippen molar-refractivity contribution in [3.8, 4) is 5.75 Å². The summed E-state index contributed by atoms with van der Waals surface area (Å²) in [5, 5.41) is 2.69. The van der Waals surface area contributed by atoms with E-state index in [-0.39, 0.29) is 23.5 Å². The molecule has 1 aliphatic heterocycles. The van der Waals surface area contributed by atoms with E-state index in [2.05, 4.69) is 10.1 Å². The first-order chi connectivity index (χ1) is 11.2. The normalized spacial score (nSPS) is 20.2. The van der Waals surface area contributed by atoms with Crippen LogP contribution in [-0.2, 0) is 19.4 Å². The van der Waals surface area contributed by atoms with Gasteiger partial charge in [-0.15, -0.1) is 0 Å². The maximum absolute atomic E-state index is 12.2. The lowest BCUT2D eigenvalue weighted by Gasteiger charge is -2.19. The van der Waals surface area contributed by atoms with Crippen molar-refractivity contribution in [3.63, 3.8) is 0 Å². The van der Waals surface area contributed by atoms with Crippen LogP contribution in [0.25, 0.3) is 0 Å². The number of hydrogen-bond donors (Lipinski definition) is 1. The summed E-state index contributed by atoms with van der Waals surface area (Å²) in [4.78, 5) is 23.8. The van der Waals surface area contributed by atoms with Crippen LogP contribution < -0.4 is 10.1 Å². The molecule has 8 heteroatoms. The minimum absolute atomic E-state index is 0.0394. The molecular weight excluding hydrogens is 334 g/mol. The molecular formula is C16H21NO6S. The van der Waals surface area contributed by atoms with Crippen molar-refractivity contribution >= 4 is 21.7 Å². The first-order valence-corrected chi connectivity index (χ1v) is 9.40.